The Morgan fingerprint density at radius 3 is 2.81 bits per heavy atom. The summed E-state index contributed by atoms with van der Waals surface area (Å²) in [6, 6.07) is 9.04. The zero-order chi connectivity index (χ0) is 17.9. The standard InChI is InChI=1S/C18H17ClN4O2S/c19-15-3-1-2-13(10-15)18(24)23-7-5-22(6-8-23)11-16-20-17(21-25-16)14-4-9-26-12-14/h1-4,9-10,12H,5-8,11H2. The molecule has 3 aromatic rings. The zero-order valence-electron chi connectivity index (χ0n) is 14.0. The number of hydrogen-bond acceptors (Lipinski definition) is 6. The molecule has 6 nitrogen and oxygen atoms in total. The smallest absolute Gasteiger partial charge is 0.253 e. The van der Waals surface area contributed by atoms with E-state index in [4.69, 9.17) is 16.1 Å². The van der Waals surface area contributed by atoms with E-state index in [-0.39, 0.29) is 5.91 Å². The molecule has 0 N–H and O–H groups in total. The van der Waals surface area contributed by atoms with Crippen LogP contribution in [0.25, 0.3) is 11.4 Å². The first-order valence-electron chi connectivity index (χ1n) is 8.31. The number of amides is 1. The van der Waals surface area contributed by atoms with E-state index in [0.29, 0.717) is 41.9 Å². The van der Waals surface area contributed by atoms with Crippen LogP contribution in [-0.2, 0) is 6.54 Å². The Labute approximate surface area is 160 Å². The largest absolute Gasteiger partial charge is 0.338 e. The van der Waals surface area contributed by atoms with Gasteiger partial charge in [-0.05, 0) is 29.6 Å². The number of benzene rings is 1. The first-order valence-corrected chi connectivity index (χ1v) is 9.63. The molecule has 1 aliphatic heterocycles. The third-order valence-corrected chi connectivity index (χ3v) is 5.26. The fraction of sp³-hybridized carbons (Fsp3) is 0.278. The molecule has 4 rings (SSSR count). The predicted octanol–water partition coefficient (Wildman–Crippen LogP) is 3.41. The van der Waals surface area contributed by atoms with Gasteiger partial charge in [0.15, 0.2) is 0 Å². The number of thiophene rings is 1. The highest BCUT2D eigenvalue weighted by atomic mass is 35.5. The summed E-state index contributed by atoms with van der Waals surface area (Å²) in [5, 5.41) is 8.59. The third-order valence-electron chi connectivity index (χ3n) is 4.34. The molecule has 3 heterocycles. The summed E-state index contributed by atoms with van der Waals surface area (Å²) in [6.07, 6.45) is 0. The van der Waals surface area contributed by atoms with Crippen LogP contribution >= 0.6 is 22.9 Å². The van der Waals surface area contributed by atoms with E-state index in [0.717, 1.165) is 18.7 Å². The summed E-state index contributed by atoms with van der Waals surface area (Å²) in [5.74, 6) is 1.24. The van der Waals surface area contributed by atoms with Gasteiger partial charge in [0.05, 0.1) is 6.54 Å². The first kappa shape index (κ1) is 17.2. The van der Waals surface area contributed by atoms with Gasteiger partial charge >= 0.3 is 0 Å². The van der Waals surface area contributed by atoms with Crippen LogP contribution in [0.15, 0.2) is 45.6 Å². The minimum absolute atomic E-state index is 0.0182. The van der Waals surface area contributed by atoms with Crippen molar-refractivity contribution in [2.75, 3.05) is 26.2 Å². The second kappa shape index (κ2) is 7.57. The van der Waals surface area contributed by atoms with Crippen LogP contribution < -0.4 is 0 Å². The van der Waals surface area contributed by atoms with Crippen molar-refractivity contribution in [3.05, 3.63) is 57.6 Å². The molecule has 0 atom stereocenters. The van der Waals surface area contributed by atoms with Crippen molar-refractivity contribution in [3.63, 3.8) is 0 Å². The van der Waals surface area contributed by atoms with E-state index in [1.54, 1.807) is 35.6 Å². The molecule has 0 spiro atoms. The quantitative estimate of drug-likeness (QED) is 0.685. The fourth-order valence-corrected chi connectivity index (χ4v) is 3.76. The van der Waals surface area contributed by atoms with Crippen LogP contribution in [-0.4, -0.2) is 52.0 Å². The lowest BCUT2D eigenvalue weighted by molar-refractivity contribution is 0.0615. The fourth-order valence-electron chi connectivity index (χ4n) is 2.93. The molecule has 0 bridgehead atoms. The molecular weight excluding hydrogens is 372 g/mol. The molecule has 0 radical (unpaired) electrons. The Morgan fingerprint density at radius 2 is 2.08 bits per heavy atom. The number of piperazine rings is 1. The summed E-state index contributed by atoms with van der Waals surface area (Å²) < 4.78 is 5.35. The molecule has 2 aromatic heterocycles. The second-order valence-electron chi connectivity index (χ2n) is 6.10. The topological polar surface area (TPSA) is 62.5 Å². The van der Waals surface area contributed by atoms with Crippen LogP contribution in [0.4, 0.5) is 0 Å². The molecule has 1 saturated heterocycles. The average Bonchev–Trinajstić information content (AvgIpc) is 3.33. The van der Waals surface area contributed by atoms with E-state index in [2.05, 4.69) is 15.0 Å². The maximum Gasteiger partial charge on any atom is 0.253 e. The molecule has 1 aromatic carbocycles. The number of halogens is 1. The molecule has 0 aliphatic carbocycles. The number of carbonyl (C=O) groups excluding carboxylic acids is 1. The molecule has 1 amide bonds. The van der Waals surface area contributed by atoms with Crippen molar-refractivity contribution >= 4 is 28.8 Å². The van der Waals surface area contributed by atoms with Crippen LogP contribution in [0, 0.1) is 0 Å². The SMILES string of the molecule is O=C(c1cccc(Cl)c1)N1CCN(Cc2nc(-c3ccsc3)no2)CC1. The Hall–Kier alpha value is -2.22. The van der Waals surface area contributed by atoms with Gasteiger partial charge in [-0.1, -0.05) is 22.8 Å². The van der Waals surface area contributed by atoms with Crippen LogP contribution in [0.1, 0.15) is 16.2 Å². The van der Waals surface area contributed by atoms with Crippen molar-refractivity contribution in [1.82, 2.24) is 19.9 Å². The highest BCUT2D eigenvalue weighted by molar-refractivity contribution is 7.08. The van der Waals surface area contributed by atoms with E-state index >= 15 is 0 Å². The van der Waals surface area contributed by atoms with Gasteiger partial charge in [-0.2, -0.15) is 16.3 Å². The van der Waals surface area contributed by atoms with E-state index < -0.39 is 0 Å². The summed E-state index contributed by atoms with van der Waals surface area (Å²) in [4.78, 5) is 21.1. The number of hydrogen-bond donors (Lipinski definition) is 0. The number of rotatable bonds is 4. The molecule has 26 heavy (non-hydrogen) atoms. The lowest BCUT2D eigenvalue weighted by Gasteiger charge is -2.34. The summed E-state index contributed by atoms with van der Waals surface area (Å²) in [5.41, 5.74) is 1.60. The molecule has 134 valence electrons. The summed E-state index contributed by atoms with van der Waals surface area (Å²) in [7, 11) is 0. The Balaban J connectivity index is 1.33. The van der Waals surface area contributed by atoms with Crippen molar-refractivity contribution in [2.24, 2.45) is 0 Å². The molecule has 0 saturated carbocycles. The van der Waals surface area contributed by atoms with Gasteiger partial charge in [0, 0.05) is 47.7 Å². The van der Waals surface area contributed by atoms with Crippen LogP contribution in [0.3, 0.4) is 0 Å². The maximum absolute atomic E-state index is 12.6. The highest BCUT2D eigenvalue weighted by Crippen LogP contribution is 2.20. The number of aromatic nitrogens is 2. The first-order chi connectivity index (χ1) is 12.7. The van der Waals surface area contributed by atoms with Crippen molar-refractivity contribution < 1.29 is 9.32 Å². The van der Waals surface area contributed by atoms with Gasteiger partial charge in [-0.15, -0.1) is 0 Å². The van der Waals surface area contributed by atoms with Gasteiger partial charge in [0.25, 0.3) is 5.91 Å². The Morgan fingerprint density at radius 1 is 1.23 bits per heavy atom. The predicted molar refractivity (Wildman–Crippen MR) is 100 cm³/mol. The average molecular weight is 389 g/mol. The highest BCUT2D eigenvalue weighted by Gasteiger charge is 2.23. The van der Waals surface area contributed by atoms with E-state index in [1.165, 1.54) is 0 Å². The maximum atomic E-state index is 12.6. The molecule has 0 unspecified atom stereocenters. The Bertz CT molecular complexity index is 888. The summed E-state index contributed by atoms with van der Waals surface area (Å²) in [6.45, 7) is 3.45. The molecule has 1 fully saturated rings. The molecule has 8 heteroatoms. The third kappa shape index (κ3) is 3.80. The minimum atomic E-state index is 0.0182. The van der Waals surface area contributed by atoms with Gasteiger partial charge < -0.3 is 9.42 Å². The lowest BCUT2D eigenvalue weighted by Crippen LogP contribution is -2.48. The van der Waals surface area contributed by atoms with Crippen molar-refractivity contribution in [1.29, 1.82) is 0 Å². The van der Waals surface area contributed by atoms with Gasteiger partial charge in [0.2, 0.25) is 11.7 Å². The summed E-state index contributed by atoms with van der Waals surface area (Å²) >= 11 is 7.58. The zero-order valence-corrected chi connectivity index (χ0v) is 15.5. The van der Waals surface area contributed by atoms with Gasteiger partial charge in [-0.3, -0.25) is 9.69 Å². The van der Waals surface area contributed by atoms with Crippen LogP contribution in [0.5, 0.6) is 0 Å². The Kier molecular flexibility index (Phi) is 5.01. The van der Waals surface area contributed by atoms with Crippen molar-refractivity contribution in [2.45, 2.75) is 6.54 Å². The normalized spacial score (nSPS) is 15.3. The number of nitrogens with zero attached hydrogens (tertiary/aromatic N) is 4. The van der Waals surface area contributed by atoms with E-state index in [9.17, 15) is 4.79 Å². The lowest BCUT2D eigenvalue weighted by atomic mass is 10.2. The van der Waals surface area contributed by atoms with Gasteiger partial charge in [0.1, 0.15) is 0 Å². The van der Waals surface area contributed by atoms with Crippen molar-refractivity contribution in [3.8, 4) is 11.4 Å². The van der Waals surface area contributed by atoms with Gasteiger partial charge in [-0.25, -0.2) is 0 Å². The van der Waals surface area contributed by atoms with E-state index in [1.807, 2.05) is 21.7 Å². The molecular formula is C18H17ClN4O2S. The minimum Gasteiger partial charge on any atom is -0.338 e. The van der Waals surface area contributed by atoms with Crippen LogP contribution in [0.2, 0.25) is 5.02 Å². The number of carbonyl (C=O) groups is 1. The monoisotopic (exact) mass is 388 g/mol. The molecule has 1 aliphatic rings. The second-order valence-corrected chi connectivity index (χ2v) is 7.32.